The second kappa shape index (κ2) is 5.25. The Morgan fingerprint density at radius 1 is 1.18 bits per heavy atom. The zero-order chi connectivity index (χ0) is 12.4. The summed E-state index contributed by atoms with van der Waals surface area (Å²) in [6.45, 7) is 1.96. The number of aromatic nitrogens is 1. The van der Waals surface area contributed by atoms with E-state index in [4.69, 9.17) is 27.9 Å². The molecule has 0 aliphatic rings. The van der Waals surface area contributed by atoms with Crippen molar-refractivity contribution < 1.29 is 4.74 Å². The Labute approximate surface area is 118 Å². The number of benzene rings is 1. The lowest BCUT2D eigenvalue weighted by Crippen LogP contribution is -1.90. The number of rotatable bonds is 2. The summed E-state index contributed by atoms with van der Waals surface area (Å²) < 4.78 is 6.44. The van der Waals surface area contributed by atoms with E-state index < -0.39 is 0 Å². The zero-order valence-corrected chi connectivity index (χ0v) is 12.0. The van der Waals surface area contributed by atoms with Gasteiger partial charge in [0, 0.05) is 16.2 Å². The van der Waals surface area contributed by atoms with Crippen LogP contribution in [0, 0.1) is 6.92 Å². The van der Waals surface area contributed by atoms with Gasteiger partial charge in [0.2, 0.25) is 5.88 Å². The fourth-order valence-electron chi connectivity index (χ4n) is 1.29. The predicted molar refractivity (Wildman–Crippen MR) is 73.2 cm³/mol. The number of halogens is 3. The molecule has 5 heteroatoms. The summed E-state index contributed by atoms with van der Waals surface area (Å²) in [6, 6.07) is 6.91. The maximum absolute atomic E-state index is 5.89. The van der Waals surface area contributed by atoms with Crippen LogP contribution in [0.15, 0.2) is 34.9 Å². The molecule has 0 fully saturated rings. The van der Waals surface area contributed by atoms with E-state index in [1.807, 2.05) is 13.0 Å². The minimum absolute atomic E-state index is 0.489. The van der Waals surface area contributed by atoms with Gasteiger partial charge in [0.1, 0.15) is 5.75 Å². The molecule has 2 nitrogen and oxygen atoms in total. The smallest absolute Gasteiger partial charge is 0.233 e. The van der Waals surface area contributed by atoms with E-state index in [0.29, 0.717) is 21.7 Å². The molecule has 1 aromatic carbocycles. The lowest BCUT2D eigenvalue weighted by Gasteiger charge is -2.08. The molecule has 0 atom stereocenters. The van der Waals surface area contributed by atoms with Gasteiger partial charge in [0.15, 0.2) is 0 Å². The molecule has 88 valence electrons. The highest BCUT2D eigenvalue weighted by atomic mass is 79.9. The fourth-order valence-corrected chi connectivity index (χ4v) is 2.11. The molecule has 2 aromatic rings. The van der Waals surface area contributed by atoms with Crippen molar-refractivity contribution >= 4 is 39.1 Å². The van der Waals surface area contributed by atoms with Crippen molar-refractivity contribution in [1.29, 1.82) is 0 Å². The number of nitrogens with zero attached hydrogens (tertiary/aromatic N) is 1. The van der Waals surface area contributed by atoms with Crippen LogP contribution in [-0.2, 0) is 0 Å². The molecule has 0 amide bonds. The highest BCUT2D eigenvalue weighted by molar-refractivity contribution is 9.10. The lowest BCUT2D eigenvalue weighted by atomic mass is 10.3. The number of hydrogen-bond donors (Lipinski definition) is 0. The Bertz CT molecular complexity index is 540. The van der Waals surface area contributed by atoms with Gasteiger partial charge in [-0.15, -0.1) is 0 Å². The van der Waals surface area contributed by atoms with Crippen LogP contribution in [0.2, 0.25) is 10.0 Å². The quantitative estimate of drug-likeness (QED) is 0.749. The van der Waals surface area contributed by atoms with Crippen LogP contribution in [0.3, 0.4) is 0 Å². The van der Waals surface area contributed by atoms with Crippen molar-refractivity contribution in [3.05, 3.63) is 50.5 Å². The monoisotopic (exact) mass is 331 g/mol. The van der Waals surface area contributed by atoms with Crippen molar-refractivity contribution in [2.75, 3.05) is 0 Å². The van der Waals surface area contributed by atoms with Gasteiger partial charge in [0.05, 0.1) is 4.47 Å². The maximum atomic E-state index is 5.89. The summed E-state index contributed by atoms with van der Waals surface area (Å²) in [5.74, 6) is 1.05. The first-order valence-corrected chi connectivity index (χ1v) is 6.36. The minimum atomic E-state index is 0.489. The fraction of sp³-hybridized carbons (Fsp3) is 0.0833. The first-order chi connectivity index (χ1) is 8.06. The van der Waals surface area contributed by atoms with Crippen LogP contribution >= 0.6 is 39.1 Å². The summed E-state index contributed by atoms with van der Waals surface area (Å²) in [6.07, 6.45) is 1.68. The molecule has 0 radical (unpaired) electrons. The number of pyridine rings is 1. The molecule has 0 N–H and O–H groups in total. The molecule has 0 unspecified atom stereocenters. The van der Waals surface area contributed by atoms with E-state index in [1.54, 1.807) is 24.4 Å². The molecule has 0 saturated heterocycles. The Balaban J connectivity index is 2.34. The normalized spacial score (nSPS) is 10.4. The Morgan fingerprint density at radius 2 is 1.82 bits per heavy atom. The summed E-state index contributed by atoms with van der Waals surface area (Å²) >= 11 is 15.2. The summed E-state index contributed by atoms with van der Waals surface area (Å²) in [7, 11) is 0. The van der Waals surface area contributed by atoms with Gasteiger partial charge in [-0.2, -0.15) is 0 Å². The average Bonchev–Trinajstić information content (AvgIpc) is 2.23. The van der Waals surface area contributed by atoms with Gasteiger partial charge in [-0.05, 0) is 52.7 Å². The number of ether oxygens (including phenoxy) is 1. The number of aryl methyl sites for hydroxylation is 1. The Hall–Kier alpha value is -0.770. The SMILES string of the molecule is Cc1ccnc(Oc2cc(Cl)cc(Cl)c2)c1Br. The number of hydrogen-bond acceptors (Lipinski definition) is 2. The Morgan fingerprint density at radius 3 is 2.47 bits per heavy atom. The summed E-state index contributed by atoms with van der Waals surface area (Å²) in [4.78, 5) is 4.14. The van der Waals surface area contributed by atoms with E-state index in [0.717, 1.165) is 10.0 Å². The van der Waals surface area contributed by atoms with Gasteiger partial charge >= 0.3 is 0 Å². The minimum Gasteiger partial charge on any atom is -0.438 e. The highest BCUT2D eigenvalue weighted by Gasteiger charge is 2.07. The largest absolute Gasteiger partial charge is 0.438 e. The van der Waals surface area contributed by atoms with E-state index in [-0.39, 0.29) is 0 Å². The second-order valence-electron chi connectivity index (χ2n) is 3.45. The van der Waals surface area contributed by atoms with Crippen molar-refractivity contribution in [2.24, 2.45) is 0 Å². The molecule has 0 bridgehead atoms. The lowest BCUT2D eigenvalue weighted by molar-refractivity contribution is 0.459. The van der Waals surface area contributed by atoms with Crippen molar-refractivity contribution in [3.63, 3.8) is 0 Å². The second-order valence-corrected chi connectivity index (χ2v) is 5.12. The third-order valence-electron chi connectivity index (χ3n) is 2.10. The predicted octanol–water partition coefficient (Wildman–Crippen LogP) is 5.25. The molecule has 1 heterocycles. The zero-order valence-electron chi connectivity index (χ0n) is 8.88. The molecule has 0 spiro atoms. The van der Waals surface area contributed by atoms with Crippen LogP contribution in [-0.4, -0.2) is 4.98 Å². The van der Waals surface area contributed by atoms with Crippen molar-refractivity contribution in [3.8, 4) is 11.6 Å². The van der Waals surface area contributed by atoms with Gasteiger partial charge in [-0.3, -0.25) is 0 Å². The van der Waals surface area contributed by atoms with Crippen LogP contribution in [0.1, 0.15) is 5.56 Å². The van der Waals surface area contributed by atoms with Gasteiger partial charge in [-0.1, -0.05) is 23.2 Å². The first kappa shape index (κ1) is 12.7. The maximum Gasteiger partial charge on any atom is 0.233 e. The van der Waals surface area contributed by atoms with Gasteiger partial charge in [0.25, 0.3) is 0 Å². The van der Waals surface area contributed by atoms with E-state index in [2.05, 4.69) is 20.9 Å². The molecule has 17 heavy (non-hydrogen) atoms. The average molecular weight is 333 g/mol. The van der Waals surface area contributed by atoms with Crippen LogP contribution in [0.5, 0.6) is 11.6 Å². The van der Waals surface area contributed by atoms with Crippen LogP contribution in [0.4, 0.5) is 0 Å². The molecular formula is C12H8BrCl2NO. The standard InChI is InChI=1S/C12H8BrCl2NO/c1-7-2-3-16-12(11(7)13)17-10-5-8(14)4-9(15)6-10/h2-6H,1H3. The first-order valence-electron chi connectivity index (χ1n) is 4.81. The molecular weight excluding hydrogens is 325 g/mol. The highest BCUT2D eigenvalue weighted by Crippen LogP contribution is 2.32. The Kier molecular flexibility index (Phi) is 3.92. The topological polar surface area (TPSA) is 22.1 Å². The van der Waals surface area contributed by atoms with Crippen molar-refractivity contribution in [2.45, 2.75) is 6.92 Å². The summed E-state index contributed by atoms with van der Waals surface area (Å²) in [5, 5.41) is 1.05. The van der Waals surface area contributed by atoms with Crippen LogP contribution in [0.25, 0.3) is 0 Å². The van der Waals surface area contributed by atoms with Crippen molar-refractivity contribution in [1.82, 2.24) is 4.98 Å². The van der Waals surface area contributed by atoms with E-state index in [9.17, 15) is 0 Å². The molecule has 2 rings (SSSR count). The molecule has 0 aliphatic carbocycles. The van der Waals surface area contributed by atoms with Gasteiger partial charge < -0.3 is 4.74 Å². The van der Waals surface area contributed by atoms with Gasteiger partial charge in [-0.25, -0.2) is 4.98 Å². The third kappa shape index (κ3) is 3.12. The molecule has 1 aromatic heterocycles. The van der Waals surface area contributed by atoms with E-state index >= 15 is 0 Å². The van der Waals surface area contributed by atoms with E-state index in [1.165, 1.54) is 0 Å². The van der Waals surface area contributed by atoms with Crippen LogP contribution < -0.4 is 4.74 Å². The molecule has 0 aliphatic heterocycles. The molecule has 0 saturated carbocycles. The third-order valence-corrected chi connectivity index (χ3v) is 3.50. The summed E-state index contributed by atoms with van der Waals surface area (Å²) in [5.41, 5.74) is 1.04.